The molecule has 0 heterocycles. The monoisotopic (exact) mass is 268 g/mol. The lowest BCUT2D eigenvalue weighted by atomic mass is 10.2. The van der Waals surface area contributed by atoms with Gasteiger partial charge in [-0.15, -0.1) is 0 Å². The van der Waals surface area contributed by atoms with E-state index in [2.05, 4.69) is 5.32 Å². The van der Waals surface area contributed by atoms with Gasteiger partial charge in [-0.25, -0.2) is 9.59 Å². The first-order chi connectivity index (χ1) is 8.54. The van der Waals surface area contributed by atoms with Crippen molar-refractivity contribution in [3.63, 3.8) is 0 Å². The number of amides is 2. The van der Waals surface area contributed by atoms with Crippen molar-refractivity contribution in [1.29, 1.82) is 0 Å². The van der Waals surface area contributed by atoms with Crippen LogP contribution in [0.3, 0.4) is 0 Å². The number of carboxylic acids is 1. The van der Waals surface area contributed by atoms with Gasteiger partial charge < -0.3 is 15.3 Å². The highest BCUT2D eigenvalue weighted by Crippen LogP contribution is 2.10. The van der Waals surface area contributed by atoms with Crippen LogP contribution in [0.2, 0.25) is 0 Å². The van der Waals surface area contributed by atoms with Gasteiger partial charge in [0.1, 0.15) is 0 Å². The molecule has 0 saturated heterocycles. The molecule has 1 rings (SSSR count). The zero-order chi connectivity index (χ0) is 13.5. The summed E-state index contributed by atoms with van der Waals surface area (Å²) in [6.07, 6.45) is 1.98. The Balaban J connectivity index is 2.56. The predicted molar refractivity (Wildman–Crippen MR) is 73.4 cm³/mol. The van der Waals surface area contributed by atoms with Crippen molar-refractivity contribution in [1.82, 2.24) is 4.90 Å². The predicted octanol–water partition coefficient (Wildman–Crippen LogP) is 2.21. The number of nitrogens with one attached hydrogen (secondary N) is 1. The van der Waals surface area contributed by atoms with Crippen LogP contribution < -0.4 is 5.32 Å². The Morgan fingerprint density at radius 2 is 1.94 bits per heavy atom. The van der Waals surface area contributed by atoms with E-state index in [9.17, 15) is 9.59 Å². The Labute approximate surface area is 110 Å². The molecule has 0 atom stereocenters. The number of rotatable bonds is 5. The highest BCUT2D eigenvalue weighted by molar-refractivity contribution is 7.98. The third-order valence-corrected chi connectivity index (χ3v) is 2.95. The zero-order valence-corrected chi connectivity index (χ0v) is 11.2. The Kier molecular flexibility index (Phi) is 5.51. The summed E-state index contributed by atoms with van der Waals surface area (Å²) in [7, 11) is 1.72. The maximum Gasteiger partial charge on any atom is 0.335 e. The molecule has 1 aromatic rings. The van der Waals surface area contributed by atoms with E-state index in [1.54, 1.807) is 35.8 Å². The molecule has 18 heavy (non-hydrogen) atoms. The van der Waals surface area contributed by atoms with Gasteiger partial charge in [0.25, 0.3) is 0 Å². The minimum absolute atomic E-state index is 0.198. The summed E-state index contributed by atoms with van der Waals surface area (Å²) in [6, 6.07) is 5.86. The van der Waals surface area contributed by atoms with Crippen molar-refractivity contribution in [3.8, 4) is 0 Å². The van der Waals surface area contributed by atoms with E-state index in [4.69, 9.17) is 5.11 Å². The summed E-state index contributed by atoms with van der Waals surface area (Å²) in [4.78, 5) is 24.0. The maximum absolute atomic E-state index is 11.7. The summed E-state index contributed by atoms with van der Waals surface area (Å²) in [6.45, 7) is 0.667. The lowest BCUT2D eigenvalue weighted by Gasteiger charge is -2.17. The molecule has 0 spiro atoms. The van der Waals surface area contributed by atoms with Crippen molar-refractivity contribution in [2.45, 2.75) is 0 Å². The van der Waals surface area contributed by atoms with Gasteiger partial charge in [0, 0.05) is 25.0 Å². The van der Waals surface area contributed by atoms with E-state index in [0.717, 1.165) is 5.75 Å². The third kappa shape index (κ3) is 4.29. The SMILES string of the molecule is CSCCN(C)C(=O)Nc1ccc(C(=O)O)cc1. The van der Waals surface area contributed by atoms with E-state index in [1.165, 1.54) is 12.1 Å². The summed E-state index contributed by atoms with van der Waals surface area (Å²) in [5, 5.41) is 11.4. The zero-order valence-electron chi connectivity index (χ0n) is 10.3. The lowest BCUT2D eigenvalue weighted by molar-refractivity contribution is 0.0697. The molecular weight excluding hydrogens is 252 g/mol. The Bertz CT molecular complexity index is 420. The number of carbonyl (C=O) groups excluding carboxylic acids is 1. The molecule has 0 aliphatic heterocycles. The van der Waals surface area contributed by atoms with Gasteiger partial charge in [-0.2, -0.15) is 11.8 Å². The minimum Gasteiger partial charge on any atom is -0.478 e. The number of urea groups is 1. The Morgan fingerprint density at radius 1 is 1.33 bits per heavy atom. The minimum atomic E-state index is -0.982. The normalized spacial score (nSPS) is 9.89. The van der Waals surface area contributed by atoms with Crippen LogP contribution in [0.15, 0.2) is 24.3 Å². The molecular formula is C12H16N2O3S. The third-order valence-electron chi connectivity index (χ3n) is 2.36. The van der Waals surface area contributed by atoms with Gasteiger partial charge in [-0.05, 0) is 30.5 Å². The average molecular weight is 268 g/mol. The van der Waals surface area contributed by atoms with Gasteiger partial charge in [0.15, 0.2) is 0 Å². The van der Waals surface area contributed by atoms with Gasteiger partial charge in [-0.3, -0.25) is 0 Å². The first kappa shape index (κ1) is 14.4. The van der Waals surface area contributed by atoms with Crippen LogP contribution in [0.5, 0.6) is 0 Å². The molecule has 0 radical (unpaired) electrons. The van der Waals surface area contributed by atoms with Crippen LogP contribution >= 0.6 is 11.8 Å². The Morgan fingerprint density at radius 3 is 2.44 bits per heavy atom. The van der Waals surface area contributed by atoms with Crippen molar-refractivity contribution in [2.75, 3.05) is 30.9 Å². The average Bonchev–Trinajstić information content (AvgIpc) is 2.36. The number of benzene rings is 1. The molecule has 0 fully saturated rings. The molecule has 0 aliphatic rings. The standard InChI is InChI=1S/C12H16N2O3S/c1-14(7-8-18-2)12(17)13-10-5-3-9(4-6-10)11(15)16/h3-6H,7-8H2,1-2H3,(H,13,17)(H,15,16). The molecule has 2 N–H and O–H groups in total. The van der Waals surface area contributed by atoms with Gasteiger partial charge >= 0.3 is 12.0 Å². The summed E-state index contributed by atoms with van der Waals surface area (Å²) >= 11 is 1.67. The van der Waals surface area contributed by atoms with Crippen molar-refractivity contribution >= 4 is 29.4 Å². The van der Waals surface area contributed by atoms with Crippen LogP contribution in [-0.2, 0) is 0 Å². The van der Waals surface area contributed by atoms with Gasteiger partial charge in [0.05, 0.1) is 5.56 Å². The number of aromatic carboxylic acids is 1. The summed E-state index contributed by atoms with van der Waals surface area (Å²) in [5.41, 5.74) is 0.782. The highest BCUT2D eigenvalue weighted by Gasteiger charge is 2.08. The number of thioether (sulfide) groups is 1. The number of nitrogens with zero attached hydrogens (tertiary/aromatic N) is 1. The lowest BCUT2D eigenvalue weighted by Crippen LogP contribution is -2.33. The van der Waals surface area contributed by atoms with E-state index >= 15 is 0 Å². The van der Waals surface area contributed by atoms with Crippen LogP contribution in [0.1, 0.15) is 10.4 Å². The van der Waals surface area contributed by atoms with E-state index in [1.807, 2.05) is 6.26 Å². The Hall–Kier alpha value is -1.69. The van der Waals surface area contributed by atoms with Crippen LogP contribution in [0.25, 0.3) is 0 Å². The second-order valence-electron chi connectivity index (χ2n) is 3.73. The topological polar surface area (TPSA) is 69.6 Å². The molecule has 98 valence electrons. The molecule has 5 nitrogen and oxygen atoms in total. The molecule has 0 aromatic heterocycles. The molecule has 6 heteroatoms. The molecule has 0 saturated carbocycles. The fourth-order valence-corrected chi connectivity index (χ4v) is 1.70. The largest absolute Gasteiger partial charge is 0.478 e. The number of anilines is 1. The number of hydrogen-bond acceptors (Lipinski definition) is 3. The number of carbonyl (C=O) groups is 2. The van der Waals surface area contributed by atoms with Crippen molar-refractivity contribution in [3.05, 3.63) is 29.8 Å². The fourth-order valence-electron chi connectivity index (χ4n) is 1.24. The second-order valence-corrected chi connectivity index (χ2v) is 4.71. The fraction of sp³-hybridized carbons (Fsp3) is 0.333. The van der Waals surface area contributed by atoms with Crippen LogP contribution in [0.4, 0.5) is 10.5 Å². The molecule has 0 bridgehead atoms. The quantitative estimate of drug-likeness (QED) is 0.859. The second kappa shape index (κ2) is 6.90. The van der Waals surface area contributed by atoms with Crippen LogP contribution in [-0.4, -0.2) is 47.6 Å². The molecule has 0 unspecified atom stereocenters. The highest BCUT2D eigenvalue weighted by atomic mass is 32.2. The number of carboxylic acid groups (broad SMARTS) is 1. The van der Waals surface area contributed by atoms with E-state index < -0.39 is 5.97 Å². The van der Waals surface area contributed by atoms with Crippen molar-refractivity contribution < 1.29 is 14.7 Å². The first-order valence-corrected chi connectivity index (χ1v) is 6.78. The molecule has 0 aliphatic carbocycles. The first-order valence-electron chi connectivity index (χ1n) is 5.39. The molecule has 2 amide bonds. The molecule has 1 aromatic carbocycles. The summed E-state index contributed by atoms with van der Waals surface area (Å²) < 4.78 is 0. The smallest absolute Gasteiger partial charge is 0.335 e. The van der Waals surface area contributed by atoms with Crippen LogP contribution in [0, 0.1) is 0 Å². The maximum atomic E-state index is 11.7. The van der Waals surface area contributed by atoms with E-state index in [0.29, 0.717) is 12.2 Å². The summed E-state index contributed by atoms with van der Waals surface area (Å²) in [5.74, 6) is -0.105. The number of hydrogen-bond donors (Lipinski definition) is 2. The van der Waals surface area contributed by atoms with Crippen molar-refractivity contribution in [2.24, 2.45) is 0 Å². The van der Waals surface area contributed by atoms with E-state index in [-0.39, 0.29) is 11.6 Å². The van der Waals surface area contributed by atoms with Gasteiger partial charge in [-0.1, -0.05) is 0 Å². The van der Waals surface area contributed by atoms with Gasteiger partial charge in [0.2, 0.25) is 0 Å².